The molecule has 0 bridgehead atoms. The molecule has 0 fully saturated rings. The number of carboxylic acids is 1. The van der Waals surface area contributed by atoms with Gasteiger partial charge in [0.05, 0.1) is 0 Å². The van der Waals surface area contributed by atoms with Crippen molar-refractivity contribution in [3.8, 4) is 0 Å². The molecular formula is C9H16O3Se. The molecule has 0 rings (SSSR count). The van der Waals surface area contributed by atoms with Crippen molar-refractivity contribution in [3.63, 3.8) is 0 Å². The first-order valence-electron chi connectivity index (χ1n) is 4.16. The molecular weight excluding hydrogens is 235 g/mol. The number of carboxylic acid groups (broad SMARTS) is 1. The normalized spacial score (nSPS) is 13.8. The van der Waals surface area contributed by atoms with E-state index in [-0.39, 0.29) is 12.2 Å². The summed E-state index contributed by atoms with van der Waals surface area (Å²) in [6.45, 7) is 5.41. The van der Waals surface area contributed by atoms with Crippen LogP contribution in [0.2, 0.25) is 5.32 Å². The van der Waals surface area contributed by atoms with Gasteiger partial charge in [-0.1, -0.05) is 0 Å². The summed E-state index contributed by atoms with van der Waals surface area (Å²) in [5, 5.41) is 9.17. The Morgan fingerprint density at radius 1 is 1.38 bits per heavy atom. The van der Waals surface area contributed by atoms with E-state index in [9.17, 15) is 9.59 Å². The van der Waals surface area contributed by atoms with Gasteiger partial charge in [0, 0.05) is 0 Å². The predicted molar refractivity (Wildman–Crippen MR) is 52.2 cm³/mol. The number of carbonyl (C=O) groups excluding carboxylic acids is 1. The van der Waals surface area contributed by atoms with Crippen molar-refractivity contribution in [2.45, 2.75) is 32.5 Å². The molecule has 13 heavy (non-hydrogen) atoms. The monoisotopic (exact) mass is 252 g/mol. The summed E-state index contributed by atoms with van der Waals surface area (Å²) in [7, 11) is 0. The Hall–Kier alpha value is -0.341. The maximum atomic E-state index is 11.5. The molecule has 0 aromatic carbocycles. The Labute approximate surface area is 86.7 Å². The van der Waals surface area contributed by atoms with Crippen LogP contribution in [0.4, 0.5) is 0 Å². The average Bonchev–Trinajstić information content (AvgIpc) is 1.96. The molecule has 1 atom stereocenters. The molecule has 0 aliphatic heterocycles. The van der Waals surface area contributed by atoms with E-state index in [4.69, 9.17) is 5.11 Å². The molecule has 3 nitrogen and oxygen atoms in total. The number of Topliss-reactive ketones (excluding diaryl/α,β-unsaturated/α-hetero) is 1. The van der Waals surface area contributed by atoms with E-state index in [1.54, 1.807) is 20.8 Å². The van der Waals surface area contributed by atoms with Crippen LogP contribution in [0, 0.1) is 11.3 Å². The molecule has 0 radical (unpaired) electrons. The van der Waals surface area contributed by atoms with Crippen LogP contribution in [0.5, 0.6) is 0 Å². The molecule has 0 amide bonds. The molecule has 1 N–H and O–H groups in total. The van der Waals surface area contributed by atoms with Gasteiger partial charge in [-0.2, -0.15) is 0 Å². The van der Waals surface area contributed by atoms with Gasteiger partial charge in [-0.05, 0) is 0 Å². The Bertz CT molecular complexity index is 205. The molecule has 0 saturated heterocycles. The minimum atomic E-state index is -0.891. The van der Waals surface area contributed by atoms with Gasteiger partial charge in [0.2, 0.25) is 0 Å². The van der Waals surface area contributed by atoms with Crippen LogP contribution in [-0.2, 0) is 9.59 Å². The van der Waals surface area contributed by atoms with E-state index in [0.29, 0.717) is 5.32 Å². The van der Waals surface area contributed by atoms with Crippen molar-refractivity contribution >= 4 is 27.8 Å². The molecule has 4 heteroatoms. The quantitative estimate of drug-likeness (QED) is 0.759. The van der Waals surface area contributed by atoms with Crippen molar-refractivity contribution < 1.29 is 14.7 Å². The van der Waals surface area contributed by atoms with E-state index in [1.807, 2.05) is 0 Å². The van der Waals surface area contributed by atoms with Gasteiger partial charge in [0.1, 0.15) is 0 Å². The van der Waals surface area contributed by atoms with Crippen LogP contribution in [0.25, 0.3) is 0 Å². The fourth-order valence-corrected chi connectivity index (χ4v) is 1.36. The first kappa shape index (κ1) is 12.7. The zero-order valence-electron chi connectivity index (χ0n) is 8.20. The summed E-state index contributed by atoms with van der Waals surface area (Å²) < 4.78 is 0. The molecule has 0 aromatic rings. The molecule has 0 aliphatic rings. The third-order valence-electron chi connectivity index (χ3n) is 1.84. The third-order valence-corrected chi connectivity index (χ3v) is 2.76. The van der Waals surface area contributed by atoms with Crippen LogP contribution in [0.1, 0.15) is 27.2 Å². The van der Waals surface area contributed by atoms with Crippen LogP contribution < -0.4 is 0 Å². The Balaban J connectivity index is 4.26. The van der Waals surface area contributed by atoms with E-state index in [2.05, 4.69) is 16.0 Å². The molecule has 0 saturated carbocycles. The topological polar surface area (TPSA) is 54.4 Å². The fraction of sp³-hybridized carbons (Fsp3) is 0.778. The summed E-state index contributed by atoms with van der Waals surface area (Å²) in [5.41, 5.74) is -0.435. The van der Waals surface area contributed by atoms with Gasteiger partial charge in [-0.15, -0.1) is 0 Å². The van der Waals surface area contributed by atoms with E-state index >= 15 is 0 Å². The van der Waals surface area contributed by atoms with Crippen LogP contribution in [-0.4, -0.2) is 32.9 Å². The van der Waals surface area contributed by atoms with Gasteiger partial charge < -0.3 is 0 Å². The zero-order valence-corrected chi connectivity index (χ0v) is 10.1. The molecule has 0 heterocycles. The minimum absolute atomic E-state index is 0.00551. The molecule has 76 valence electrons. The second-order valence-electron chi connectivity index (χ2n) is 4.10. The van der Waals surface area contributed by atoms with Gasteiger partial charge in [0.25, 0.3) is 0 Å². The van der Waals surface area contributed by atoms with E-state index in [0.717, 1.165) is 0 Å². The summed E-state index contributed by atoms with van der Waals surface area (Å²) in [6, 6.07) is 0. The van der Waals surface area contributed by atoms with Crippen molar-refractivity contribution in [2.24, 2.45) is 11.3 Å². The van der Waals surface area contributed by atoms with Crippen molar-refractivity contribution in [1.82, 2.24) is 0 Å². The number of ketones is 1. The van der Waals surface area contributed by atoms with Crippen molar-refractivity contribution in [3.05, 3.63) is 0 Å². The van der Waals surface area contributed by atoms with Gasteiger partial charge in [-0.25, -0.2) is 0 Å². The average molecular weight is 251 g/mol. The molecule has 1 unspecified atom stereocenters. The van der Waals surface area contributed by atoms with Crippen molar-refractivity contribution in [1.29, 1.82) is 0 Å². The van der Waals surface area contributed by atoms with E-state index in [1.165, 1.54) is 0 Å². The second-order valence-corrected chi connectivity index (χ2v) is 4.86. The maximum absolute atomic E-state index is 11.5. The summed E-state index contributed by atoms with van der Waals surface area (Å²) in [5.74, 6) is -1.43. The molecule has 0 aliphatic carbocycles. The number of hydrogen-bond acceptors (Lipinski definition) is 2. The molecule has 0 spiro atoms. The van der Waals surface area contributed by atoms with Crippen molar-refractivity contribution in [2.75, 3.05) is 0 Å². The first-order chi connectivity index (χ1) is 5.79. The second kappa shape index (κ2) is 4.77. The summed E-state index contributed by atoms with van der Waals surface area (Å²) >= 11 is 2.22. The summed E-state index contributed by atoms with van der Waals surface area (Å²) in [4.78, 5) is 22.1. The third kappa shape index (κ3) is 4.44. The number of hydrogen-bond donors (Lipinski definition) is 1. The van der Waals surface area contributed by atoms with Gasteiger partial charge in [-0.3, -0.25) is 0 Å². The standard InChI is InChI=1S/C9H16O3Se/c1-9(2,3)7(10)4-6(5-13)8(11)12/h6,13H,4-5H2,1-3H3,(H,11,12). The first-order valence-corrected chi connectivity index (χ1v) is 5.48. The summed E-state index contributed by atoms with van der Waals surface area (Å²) in [6.07, 6.45) is 0.133. The van der Waals surface area contributed by atoms with Gasteiger partial charge in [0.15, 0.2) is 0 Å². The number of aliphatic carboxylic acids is 1. The SMILES string of the molecule is CC(C)(C)C(=O)CC(C[SeH])C(=O)O. The zero-order chi connectivity index (χ0) is 10.6. The van der Waals surface area contributed by atoms with Crippen LogP contribution in [0.3, 0.4) is 0 Å². The van der Waals surface area contributed by atoms with Gasteiger partial charge >= 0.3 is 86.3 Å². The number of rotatable bonds is 4. The fourth-order valence-electron chi connectivity index (χ4n) is 0.760. The van der Waals surface area contributed by atoms with Crippen LogP contribution >= 0.6 is 0 Å². The number of carbonyl (C=O) groups is 2. The van der Waals surface area contributed by atoms with E-state index < -0.39 is 17.3 Å². The molecule has 0 aromatic heterocycles. The van der Waals surface area contributed by atoms with Crippen LogP contribution in [0.15, 0.2) is 0 Å². The Morgan fingerprint density at radius 3 is 2.08 bits per heavy atom. The Morgan fingerprint density at radius 2 is 1.85 bits per heavy atom. The predicted octanol–water partition coefficient (Wildman–Crippen LogP) is 1.01. The Kier molecular flexibility index (Phi) is 4.65.